The van der Waals surface area contributed by atoms with E-state index < -0.39 is 0 Å². The second kappa shape index (κ2) is 12.0. The molecule has 1 aromatic heterocycles. The molecule has 1 amide bonds. The molecule has 0 fully saturated rings. The molecule has 10 heteroatoms. The van der Waals surface area contributed by atoms with Gasteiger partial charge in [0.1, 0.15) is 0 Å². The Balaban J connectivity index is 1.78. The van der Waals surface area contributed by atoms with Crippen molar-refractivity contribution >= 4 is 29.3 Å². The Labute approximate surface area is 209 Å². The van der Waals surface area contributed by atoms with Crippen molar-refractivity contribution in [2.24, 2.45) is 5.92 Å². The first-order valence-electron chi connectivity index (χ1n) is 10.7. The molecule has 0 saturated carbocycles. The highest BCUT2D eigenvalue weighted by atomic mass is 35.5. The summed E-state index contributed by atoms with van der Waals surface area (Å²) in [5, 5.41) is 13.1. The van der Waals surface area contributed by atoms with Crippen molar-refractivity contribution in [3.63, 3.8) is 0 Å². The molecule has 0 unspecified atom stereocenters. The Bertz CT molecular complexity index is 1140. The van der Waals surface area contributed by atoms with Gasteiger partial charge in [-0.1, -0.05) is 55.4 Å². The van der Waals surface area contributed by atoms with Crippen molar-refractivity contribution in [3.05, 3.63) is 58.4 Å². The molecule has 34 heavy (non-hydrogen) atoms. The van der Waals surface area contributed by atoms with Crippen LogP contribution in [0.4, 0.5) is 0 Å². The van der Waals surface area contributed by atoms with Crippen LogP contribution in [0.1, 0.15) is 35.6 Å². The Kier molecular flexibility index (Phi) is 9.06. The van der Waals surface area contributed by atoms with Crippen LogP contribution in [-0.2, 0) is 18.8 Å². The number of halogens is 1. The molecule has 0 atom stereocenters. The van der Waals surface area contributed by atoms with Crippen molar-refractivity contribution in [2.45, 2.75) is 37.8 Å². The van der Waals surface area contributed by atoms with E-state index in [0.29, 0.717) is 40.3 Å². The van der Waals surface area contributed by atoms with Gasteiger partial charge in [-0.25, -0.2) is 0 Å². The second-order valence-corrected chi connectivity index (χ2v) is 9.20. The van der Waals surface area contributed by atoms with E-state index in [-0.39, 0.29) is 12.5 Å². The van der Waals surface area contributed by atoms with E-state index in [1.807, 2.05) is 28.8 Å². The van der Waals surface area contributed by atoms with Gasteiger partial charge in [-0.05, 0) is 29.7 Å². The van der Waals surface area contributed by atoms with Crippen molar-refractivity contribution in [1.29, 1.82) is 0 Å². The number of rotatable bonds is 11. The minimum Gasteiger partial charge on any atom is -0.493 e. The third-order valence-electron chi connectivity index (χ3n) is 5.01. The lowest BCUT2D eigenvalue weighted by molar-refractivity contribution is 0.0945. The SMILES string of the molecule is COc1ccc(C(=O)NCc2nnc(SCc3ccccc3Cl)n2CC(C)C)c(OC)c1OC. The topological polar surface area (TPSA) is 87.5 Å². The number of amides is 1. The molecule has 0 aliphatic heterocycles. The predicted molar refractivity (Wildman–Crippen MR) is 133 cm³/mol. The zero-order valence-corrected chi connectivity index (χ0v) is 21.5. The largest absolute Gasteiger partial charge is 0.493 e. The van der Waals surface area contributed by atoms with Crippen molar-refractivity contribution < 1.29 is 19.0 Å². The molecule has 0 saturated heterocycles. The van der Waals surface area contributed by atoms with Gasteiger partial charge in [-0.15, -0.1) is 10.2 Å². The summed E-state index contributed by atoms with van der Waals surface area (Å²) in [6, 6.07) is 11.0. The molecule has 0 aliphatic carbocycles. The minimum absolute atomic E-state index is 0.211. The molecule has 0 bridgehead atoms. The van der Waals surface area contributed by atoms with Gasteiger partial charge in [0, 0.05) is 17.3 Å². The maximum Gasteiger partial charge on any atom is 0.255 e. The van der Waals surface area contributed by atoms with E-state index in [2.05, 4.69) is 29.4 Å². The van der Waals surface area contributed by atoms with Gasteiger partial charge < -0.3 is 24.1 Å². The first-order chi connectivity index (χ1) is 16.4. The van der Waals surface area contributed by atoms with Crippen molar-refractivity contribution in [3.8, 4) is 17.2 Å². The van der Waals surface area contributed by atoms with Crippen LogP contribution in [0.2, 0.25) is 5.02 Å². The molecule has 182 valence electrons. The molecule has 0 spiro atoms. The molecule has 8 nitrogen and oxygen atoms in total. The Morgan fingerprint density at radius 3 is 2.44 bits per heavy atom. The number of nitrogens with one attached hydrogen (secondary N) is 1. The number of carbonyl (C=O) groups is 1. The Morgan fingerprint density at radius 1 is 1.06 bits per heavy atom. The second-order valence-electron chi connectivity index (χ2n) is 7.85. The lowest BCUT2D eigenvalue weighted by atomic mass is 10.1. The minimum atomic E-state index is -0.317. The van der Waals surface area contributed by atoms with Gasteiger partial charge in [0.05, 0.1) is 33.4 Å². The number of nitrogens with zero attached hydrogens (tertiary/aromatic N) is 3. The number of thioether (sulfide) groups is 1. The van der Waals surface area contributed by atoms with E-state index in [9.17, 15) is 4.79 Å². The maximum absolute atomic E-state index is 13.0. The summed E-state index contributed by atoms with van der Waals surface area (Å²) in [6.07, 6.45) is 0. The van der Waals surface area contributed by atoms with E-state index in [0.717, 1.165) is 22.3 Å². The monoisotopic (exact) mass is 504 g/mol. The molecular formula is C24H29ClN4O4S. The van der Waals surface area contributed by atoms with Crippen LogP contribution in [0.25, 0.3) is 0 Å². The normalized spacial score (nSPS) is 10.9. The molecule has 0 radical (unpaired) electrons. The van der Waals surface area contributed by atoms with Crippen LogP contribution < -0.4 is 19.5 Å². The Morgan fingerprint density at radius 2 is 1.79 bits per heavy atom. The fourth-order valence-electron chi connectivity index (χ4n) is 3.40. The summed E-state index contributed by atoms with van der Waals surface area (Å²) in [5.74, 6) is 2.54. The fourth-order valence-corrected chi connectivity index (χ4v) is 4.65. The van der Waals surface area contributed by atoms with Gasteiger partial charge >= 0.3 is 0 Å². The van der Waals surface area contributed by atoms with Gasteiger partial charge in [-0.3, -0.25) is 4.79 Å². The first-order valence-corrected chi connectivity index (χ1v) is 12.1. The van der Waals surface area contributed by atoms with Crippen LogP contribution in [0, 0.1) is 5.92 Å². The van der Waals surface area contributed by atoms with Crippen molar-refractivity contribution in [2.75, 3.05) is 21.3 Å². The maximum atomic E-state index is 13.0. The average molecular weight is 505 g/mol. The molecule has 3 rings (SSSR count). The first kappa shape index (κ1) is 25.7. The number of carbonyl (C=O) groups excluding carboxylic acids is 1. The smallest absolute Gasteiger partial charge is 0.255 e. The van der Waals surface area contributed by atoms with E-state index >= 15 is 0 Å². The number of hydrogen-bond acceptors (Lipinski definition) is 7. The third kappa shape index (κ3) is 5.95. The molecule has 1 heterocycles. The van der Waals surface area contributed by atoms with Gasteiger partial charge in [0.25, 0.3) is 5.91 Å². The quantitative estimate of drug-likeness (QED) is 0.374. The zero-order valence-electron chi connectivity index (χ0n) is 19.9. The summed E-state index contributed by atoms with van der Waals surface area (Å²) < 4.78 is 18.1. The van der Waals surface area contributed by atoms with Crippen LogP contribution >= 0.6 is 23.4 Å². The van der Waals surface area contributed by atoms with Crippen LogP contribution in [0.5, 0.6) is 17.2 Å². The van der Waals surface area contributed by atoms with E-state index in [4.69, 9.17) is 25.8 Å². The van der Waals surface area contributed by atoms with Crippen LogP contribution in [0.3, 0.4) is 0 Å². The van der Waals surface area contributed by atoms with Crippen LogP contribution in [-0.4, -0.2) is 42.0 Å². The van der Waals surface area contributed by atoms with E-state index in [1.54, 1.807) is 23.9 Å². The highest BCUT2D eigenvalue weighted by Gasteiger charge is 2.22. The number of aromatic nitrogens is 3. The number of methoxy groups -OCH3 is 3. The van der Waals surface area contributed by atoms with E-state index in [1.165, 1.54) is 21.3 Å². The average Bonchev–Trinajstić information content (AvgIpc) is 3.21. The molecule has 1 N–H and O–H groups in total. The van der Waals surface area contributed by atoms with Gasteiger partial charge in [0.15, 0.2) is 22.5 Å². The van der Waals surface area contributed by atoms with Crippen LogP contribution in [0.15, 0.2) is 41.6 Å². The fraction of sp³-hybridized carbons (Fsp3) is 0.375. The van der Waals surface area contributed by atoms with Gasteiger partial charge in [0.2, 0.25) is 5.75 Å². The van der Waals surface area contributed by atoms with Gasteiger partial charge in [-0.2, -0.15) is 0 Å². The molecule has 3 aromatic rings. The molecule has 0 aliphatic rings. The lowest BCUT2D eigenvalue weighted by Gasteiger charge is -2.16. The molecular weight excluding hydrogens is 476 g/mol. The number of hydrogen-bond donors (Lipinski definition) is 1. The standard InChI is InChI=1S/C24H29ClN4O4S/c1-15(2)13-29-20(27-28-24(29)34-14-16-8-6-7-9-18(16)25)12-26-23(30)17-10-11-19(31-3)22(33-5)21(17)32-4/h6-11,15H,12-14H2,1-5H3,(H,26,30). The predicted octanol–water partition coefficient (Wildman–Crippen LogP) is 4.84. The van der Waals surface area contributed by atoms with Crippen molar-refractivity contribution in [1.82, 2.24) is 20.1 Å². The summed E-state index contributed by atoms with van der Waals surface area (Å²) in [6.45, 7) is 5.18. The summed E-state index contributed by atoms with van der Waals surface area (Å²) in [5.41, 5.74) is 1.37. The highest BCUT2D eigenvalue weighted by Crippen LogP contribution is 2.39. The Hall–Kier alpha value is -2.91. The summed E-state index contributed by atoms with van der Waals surface area (Å²) >= 11 is 7.86. The zero-order chi connectivity index (χ0) is 24.7. The lowest BCUT2D eigenvalue weighted by Crippen LogP contribution is -2.26. The number of benzene rings is 2. The highest BCUT2D eigenvalue weighted by molar-refractivity contribution is 7.98. The number of ether oxygens (including phenoxy) is 3. The third-order valence-corrected chi connectivity index (χ3v) is 6.40. The summed E-state index contributed by atoms with van der Waals surface area (Å²) in [7, 11) is 4.51. The summed E-state index contributed by atoms with van der Waals surface area (Å²) in [4.78, 5) is 13.0. The molecule has 2 aromatic carbocycles.